The summed E-state index contributed by atoms with van der Waals surface area (Å²) in [5.41, 5.74) is 0.874. The van der Waals surface area contributed by atoms with Crippen molar-refractivity contribution >= 4 is 66.7 Å². The average Bonchev–Trinajstić information content (AvgIpc) is 2.90. The zero-order valence-corrected chi connectivity index (χ0v) is 24.8. The molecule has 202 valence electrons. The van der Waals surface area contributed by atoms with E-state index in [0.717, 1.165) is 20.8 Å². The number of carbonyl (C=O) groups is 2. The molecule has 7 nitrogen and oxygen atoms in total. The van der Waals surface area contributed by atoms with E-state index < -0.39 is 28.5 Å². The van der Waals surface area contributed by atoms with Crippen molar-refractivity contribution in [3.05, 3.63) is 92.9 Å². The minimum atomic E-state index is -4.21. The van der Waals surface area contributed by atoms with Gasteiger partial charge in [-0.15, -0.1) is 0 Å². The van der Waals surface area contributed by atoms with Crippen LogP contribution in [-0.2, 0) is 26.2 Å². The largest absolute Gasteiger partial charge is 0.354 e. The van der Waals surface area contributed by atoms with E-state index >= 15 is 0 Å². The number of anilines is 1. The van der Waals surface area contributed by atoms with Crippen molar-refractivity contribution in [3.63, 3.8) is 0 Å². The van der Waals surface area contributed by atoms with Gasteiger partial charge in [-0.3, -0.25) is 13.9 Å². The molecule has 1 N–H and O–H groups in total. The Morgan fingerprint density at radius 2 is 1.66 bits per heavy atom. The first-order valence-electron chi connectivity index (χ1n) is 11.9. The van der Waals surface area contributed by atoms with E-state index in [9.17, 15) is 18.0 Å². The second kappa shape index (κ2) is 13.5. The smallest absolute Gasteiger partial charge is 0.264 e. The summed E-state index contributed by atoms with van der Waals surface area (Å²) in [6.07, 6.45) is 0.733. The van der Waals surface area contributed by atoms with Gasteiger partial charge >= 0.3 is 0 Å². The second-order valence-electron chi connectivity index (χ2n) is 8.54. The fourth-order valence-corrected chi connectivity index (χ4v) is 5.96. The number of hydrogen-bond donors (Lipinski definition) is 1. The predicted octanol–water partition coefficient (Wildman–Crippen LogP) is 5.89. The molecule has 0 saturated heterocycles. The van der Waals surface area contributed by atoms with Gasteiger partial charge in [-0.2, -0.15) is 0 Å². The normalized spacial score (nSPS) is 12.0. The van der Waals surface area contributed by atoms with Crippen molar-refractivity contribution < 1.29 is 18.0 Å². The van der Waals surface area contributed by atoms with Gasteiger partial charge in [0.1, 0.15) is 12.6 Å². The Balaban J connectivity index is 2.03. The first-order chi connectivity index (χ1) is 18.0. The number of amides is 2. The lowest BCUT2D eigenvalue weighted by Gasteiger charge is -2.32. The molecule has 0 saturated carbocycles. The van der Waals surface area contributed by atoms with Gasteiger partial charge in [0.05, 0.1) is 15.6 Å². The number of hydrogen-bond acceptors (Lipinski definition) is 4. The van der Waals surface area contributed by atoms with Crippen LogP contribution in [0.1, 0.15) is 25.8 Å². The molecule has 1 atom stereocenters. The van der Waals surface area contributed by atoms with Crippen molar-refractivity contribution in [2.75, 3.05) is 17.4 Å². The molecule has 0 bridgehead atoms. The molecule has 0 aliphatic rings. The molecule has 3 rings (SSSR count). The van der Waals surface area contributed by atoms with Gasteiger partial charge in [-0.05, 0) is 61.4 Å². The van der Waals surface area contributed by atoms with Crippen LogP contribution < -0.4 is 9.62 Å². The molecule has 2 amide bonds. The highest BCUT2D eigenvalue weighted by molar-refractivity contribution is 9.10. The van der Waals surface area contributed by atoms with Gasteiger partial charge in [0, 0.05) is 22.6 Å². The molecule has 3 aromatic rings. The van der Waals surface area contributed by atoms with Crippen LogP contribution in [0.25, 0.3) is 0 Å². The summed E-state index contributed by atoms with van der Waals surface area (Å²) in [5.74, 6) is -0.906. The minimum Gasteiger partial charge on any atom is -0.354 e. The van der Waals surface area contributed by atoms with E-state index in [4.69, 9.17) is 23.2 Å². The second-order valence-corrected chi connectivity index (χ2v) is 12.2. The Morgan fingerprint density at radius 1 is 1.00 bits per heavy atom. The summed E-state index contributed by atoms with van der Waals surface area (Å²) in [5, 5.41) is 3.20. The number of nitrogens with zero attached hydrogens (tertiary/aromatic N) is 2. The average molecular weight is 641 g/mol. The van der Waals surface area contributed by atoms with Gasteiger partial charge in [0.2, 0.25) is 11.8 Å². The van der Waals surface area contributed by atoms with E-state index in [2.05, 4.69) is 21.2 Å². The van der Waals surface area contributed by atoms with Crippen molar-refractivity contribution in [3.8, 4) is 0 Å². The zero-order chi connectivity index (χ0) is 27.9. The summed E-state index contributed by atoms with van der Waals surface area (Å²) in [7, 11) is -4.21. The highest BCUT2D eigenvalue weighted by Crippen LogP contribution is 2.33. The summed E-state index contributed by atoms with van der Waals surface area (Å²) >= 11 is 15.9. The summed E-state index contributed by atoms with van der Waals surface area (Å²) in [6.45, 7) is 3.52. The molecule has 0 spiro atoms. The molecule has 0 fully saturated rings. The number of sulfonamides is 1. The molecule has 11 heteroatoms. The van der Waals surface area contributed by atoms with Gasteiger partial charge in [0.15, 0.2) is 0 Å². The third kappa shape index (κ3) is 7.50. The minimum absolute atomic E-state index is 0.00739. The van der Waals surface area contributed by atoms with Crippen LogP contribution in [0.4, 0.5) is 5.69 Å². The van der Waals surface area contributed by atoms with Gasteiger partial charge in [-0.1, -0.05) is 76.4 Å². The number of benzene rings is 3. The Kier molecular flexibility index (Phi) is 10.6. The lowest BCUT2D eigenvalue weighted by Crippen LogP contribution is -2.51. The molecule has 0 unspecified atom stereocenters. The highest BCUT2D eigenvalue weighted by Gasteiger charge is 2.33. The fourth-order valence-electron chi connectivity index (χ4n) is 3.68. The maximum absolute atomic E-state index is 13.8. The molecule has 0 aromatic heterocycles. The molecule has 0 radical (unpaired) electrons. The van der Waals surface area contributed by atoms with Crippen LogP contribution in [0, 0.1) is 0 Å². The number of nitrogens with one attached hydrogen (secondary N) is 1. The van der Waals surface area contributed by atoms with Gasteiger partial charge < -0.3 is 10.2 Å². The Labute approximate surface area is 241 Å². The SMILES string of the molecule is CCCNC(=O)[C@H](C)N(Cc1ccc(Br)cc1)C(=O)CN(c1ccc(Cl)cc1Cl)S(=O)(=O)c1ccccc1. The number of carbonyl (C=O) groups excluding carboxylic acids is 2. The van der Waals surface area contributed by atoms with Gasteiger partial charge in [-0.25, -0.2) is 8.42 Å². The third-order valence-corrected chi connectivity index (χ3v) is 8.61. The van der Waals surface area contributed by atoms with Crippen LogP contribution in [0.15, 0.2) is 82.2 Å². The van der Waals surface area contributed by atoms with Crippen LogP contribution >= 0.6 is 39.1 Å². The maximum atomic E-state index is 13.8. The van der Waals surface area contributed by atoms with Crippen LogP contribution in [0.3, 0.4) is 0 Å². The van der Waals surface area contributed by atoms with Crippen molar-refractivity contribution in [1.82, 2.24) is 10.2 Å². The highest BCUT2D eigenvalue weighted by atomic mass is 79.9. The van der Waals surface area contributed by atoms with E-state index in [1.807, 2.05) is 31.2 Å². The first kappa shape index (κ1) is 30.0. The molecule has 3 aromatic carbocycles. The lowest BCUT2D eigenvalue weighted by molar-refractivity contribution is -0.139. The quantitative estimate of drug-likeness (QED) is 0.283. The predicted molar refractivity (Wildman–Crippen MR) is 155 cm³/mol. The third-order valence-electron chi connectivity index (χ3n) is 5.77. The summed E-state index contributed by atoms with van der Waals surface area (Å²) < 4.78 is 29.3. The van der Waals surface area contributed by atoms with Crippen molar-refractivity contribution in [1.29, 1.82) is 0 Å². The Hall–Kier alpha value is -2.59. The Morgan fingerprint density at radius 3 is 2.26 bits per heavy atom. The van der Waals surface area contributed by atoms with Gasteiger partial charge in [0.25, 0.3) is 10.0 Å². The molecule has 38 heavy (non-hydrogen) atoms. The monoisotopic (exact) mass is 639 g/mol. The van der Waals surface area contributed by atoms with E-state index in [1.165, 1.54) is 35.2 Å². The first-order valence-corrected chi connectivity index (χ1v) is 14.9. The molecule has 0 heterocycles. The van der Waals surface area contributed by atoms with Crippen molar-refractivity contribution in [2.45, 2.75) is 37.8 Å². The fraction of sp³-hybridized carbons (Fsp3) is 0.259. The van der Waals surface area contributed by atoms with E-state index in [0.29, 0.717) is 11.6 Å². The Bertz CT molecular complexity index is 1370. The summed E-state index contributed by atoms with van der Waals surface area (Å²) in [6, 6.07) is 18.6. The molecular formula is C27H28BrCl2N3O4S. The standard InChI is InChI=1S/C27H28BrCl2N3O4S/c1-3-15-31-27(35)19(2)32(17-20-9-11-21(28)12-10-20)26(34)18-33(25-14-13-22(29)16-24(25)30)38(36,37)23-7-5-4-6-8-23/h4-14,16,19H,3,15,17-18H2,1-2H3,(H,31,35)/t19-/m0/s1. The van der Waals surface area contributed by atoms with Crippen molar-refractivity contribution in [2.24, 2.45) is 0 Å². The van der Waals surface area contributed by atoms with Crippen LogP contribution in [0.2, 0.25) is 10.0 Å². The van der Waals surface area contributed by atoms with Crippen LogP contribution in [-0.4, -0.2) is 44.3 Å². The molecule has 0 aliphatic carbocycles. The topological polar surface area (TPSA) is 86.8 Å². The van der Waals surface area contributed by atoms with E-state index in [1.54, 1.807) is 25.1 Å². The molecule has 0 aliphatic heterocycles. The number of halogens is 3. The maximum Gasteiger partial charge on any atom is 0.264 e. The van der Waals surface area contributed by atoms with Crippen LogP contribution in [0.5, 0.6) is 0 Å². The van der Waals surface area contributed by atoms with E-state index in [-0.39, 0.29) is 28.1 Å². The number of rotatable bonds is 11. The zero-order valence-electron chi connectivity index (χ0n) is 20.9. The lowest BCUT2D eigenvalue weighted by atomic mass is 10.1. The molecular weight excluding hydrogens is 613 g/mol. The summed E-state index contributed by atoms with van der Waals surface area (Å²) in [4.78, 5) is 28.1.